The molecule has 1 amide bonds. The van der Waals surface area contributed by atoms with Crippen molar-refractivity contribution in [1.29, 1.82) is 0 Å². The molecule has 10 nitrogen and oxygen atoms in total. The fourth-order valence-corrected chi connectivity index (χ4v) is 6.14. The molecule has 0 saturated carbocycles. The number of fused-ring (bicyclic) bond motifs is 6. The maximum Gasteiger partial charge on any atom is 0.267 e. The largest absolute Gasteiger partial charge is 0.493 e. The molecule has 212 valence electrons. The van der Waals surface area contributed by atoms with E-state index < -0.39 is 10.0 Å². The van der Waals surface area contributed by atoms with Gasteiger partial charge in [-0.25, -0.2) is 18.4 Å². The lowest BCUT2D eigenvalue weighted by Crippen LogP contribution is -2.27. The maximum absolute atomic E-state index is 13.8. The SMILES string of the molecule is COc1ncc2cc1S(=O)(=O)Nc1cccc(c1)OCCCNC(=O)c1c(-c3ccccc3)c(N)nc3ccc-2cc13. The summed E-state index contributed by atoms with van der Waals surface area (Å²) in [5.74, 6) is 0.331. The van der Waals surface area contributed by atoms with Crippen molar-refractivity contribution in [1.82, 2.24) is 15.3 Å². The van der Waals surface area contributed by atoms with Crippen LogP contribution < -0.4 is 25.2 Å². The lowest BCUT2D eigenvalue weighted by molar-refractivity contribution is 0.0954. The molecule has 0 radical (unpaired) electrons. The molecule has 0 saturated heterocycles. The van der Waals surface area contributed by atoms with Crippen LogP contribution in [-0.4, -0.2) is 44.6 Å². The molecule has 1 aliphatic heterocycles. The van der Waals surface area contributed by atoms with E-state index in [1.165, 1.54) is 19.4 Å². The third-order valence-electron chi connectivity index (χ3n) is 6.90. The molecule has 0 spiro atoms. The summed E-state index contributed by atoms with van der Waals surface area (Å²) >= 11 is 0. The average molecular weight is 582 g/mol. The van der Waals surface area contributed by atoms with Gasteiger partial charge in [0.15, 0.2) is 0 Å². The number of rotatable bonds is 2. The van der Waals surface area contributed by atoms with E-state index in [1.54, 1.807) is 42.5 Å². The summed E-state index contributed by atoms with van der Waals surface area (Å²) in [4.78, 5) is 22.6. The van der Waals surface area contributed by atoms with Crippen molar-refractivity contribution in [3.05, 3.63) is 90.6 Å². The topological polar surface area (TPSA) is 146 Å². The van der Waals surface area contributed by atoms with Crippen molar-refractivity contribution in [2.24, 2.45) is 0 Å². The minimum absolute atomic E-state index is 0.0604. The van der Waals surface area contributed by atoms with Gasteiger partial charge in [-0.1, -0.05) is 42.5 Å². The first-order valence-electron chi connectivity index (χ1n) is 13.2. The van der Waals surface area contributed by atoms with Crippen LogP contribution in [0, 0.1) is 0 Å². The number of hydrogen-bond acceptors (Lipinski definition) is 8. The van der Waals surface area contributed by atoms with E-state index in [1.807, 2.05) is 30.3 Å². The third kappa shape index (κ3) is 5.17. The number of pyridine rings is 2. The second-order valence-electron chi connectivity index (χ2n) is 9.67. The predicted octanol–water partition coefficient (Wildman–Crippen LogP) is 4.87. The van der Waals surface area contributed by atoms with E-state index in [0.717, 1.165) is 5.56 Å². The van der Waals surface area contributed by atoms with Crippen molar-refractivity contribution < 1.29 is 22.7 Å². The number of benzene rings is 3. The Morgan fingerprint density at radius 3 is 2.57 bits per heavy atom. The number of ether oxygens (including phenoxy) is 2. The molecule has 4 N–H and O–H groups in total. The first-order chi connectivity index (χ1) is 20.3. The van der Waals surface area contributed by atoms with Crippen molar-refractivity contribution in [2.45, 2.75) is 11.3 Å². The van der Waals surface area contributed by atoms with Crippen LogP contribution in [0.2, 0.25) is 0 Å². The lowest BCUT2D eigenvalue weighted by atomic mass is 9.94. The van der Waals surface area contributed by atoms with Crippen molar-refractivity contribution in [3.8, 4) is 33.9 Å². The predicted molar refractivity (Wildman–Crippen MR) is 161 cm³/mol. The fourth-order valence-electron chi connectivity index (χ4n) is 4.94. The molecular formula is C31H27N5O5S. The highest BCUT2D eigenvalue weighted by Gasteiger charge is 2.24. The Morgan fingerprint density at radius 2 is 1.76 bits per heavy atom. The van der Waals surface area contributed by atoms with Gasteiger partial charge in [-0.15, -0.1) is 0 Å². The summed E-state index contributed by atoms with van der Waals surface area (Å²) in [6, 6.07) is 22.8. The summed E-state index contributed by atoms with van der Waals surface area (Å²) in [7, 11) is -2.75. The molecule has 3 aromatic carbocycles. The van der Waals surface area contributed by atoms with E-state index in [0.29, 0.717) is 64.2 Å². The lowest BCUT2D eigenvalue weighted by Gasteiger charge is -2.17. The van der Waals surface area contributed by atoms with E-state index >= 15 is 0 Å². The summed E-state index contributed by atoms with van der Waals surface area (Å²) in [6.45, 7) is 0.639. The first-order valence-corrected chi connectivity index (χ1v) is 14.7. The van der Waals surface area contributed by atoms with Crippen LogP contribution in [0.25, 0.3) is 33.2 Å². The Bertz CT molecular complexity index is 1930. The Balaban J connectivity index is 1.58. The number of carbonyl (C=O) groups excluding carboxylic acids is 1. The quantitative estimate of drug-likeness (QED) is 0.268. The van der Waals surface area contributed by atoms with Crippen LogP contribution in [0.3, 0.4) is 0 Å². The molecule has 2 aromatic heterocycles. The molecule has 11 heteroatoms. The van der Waals surface area contributed by atoms with Crippen LogP contribution in [0.15, 0.2) is 90.0 Å². The van der Waals surface area contributed by atoms with Gasteiger partial charge in [0.25, 0.3) is 15.9 Å². The number of carbonyl (C=O) groups is 1. The van der Waals surface area contributed by atoms with Gasteiger partial charge in [0.1, 0.15) is 16.5 Å². The summed E-state index contributed by atoms with van der Waals surface area (Å²) in [5, 5.41) is 3.57. The van der Waals surface area contributed by atoms with Crippen molar-refractivity contribution >= 4 is 38.3 Å². The van der Waals surface area contributed by atoms with Gasteiger partial charge in [0.2, 0.25) is 5.88 Å². The third-order valence-corrected chi connectivity index (χ3v) is 8.27. The molecular weight excluding hydrogens is 554 g/mol. The molecule has 1 aliphatic rings. The van der Waals surface area contributed by atoms with E-state index in [-0.39, 0.29) is 22.5 Å². The van der Waals surface area contributed by atoms with Crippen LogP contribution in [0.1, 0.15) is 16.8 Å². The molecule has 0 aliphatic carbocycles. The smallest absolute Gasteiger partial charge is 0.267 e. The minimum Gasteiger partial charge on any atom is -0.493 e. The number of nitrogens with zero attached hydrogens (tertiary/aromatic N) is 2. The molecule has 0 fully saturated rings. The number of sulfonamides is 1. The molecule has 0 atom stereocenters. The van der Waals surface area contributed by atoms with Crippen LogP contribution >= 0.6 is 0 Å². The maximum atomic E-state index is 13.8. The standard InChI is InChI=1S/C31H27N5O5S/c1-40-31-26-16-21(18-34-31)20-11-12-25-24(15-20)28(27(29(32)35-25)19-7-3-2-4-8-19)30(37)33-13-6-14-41-23-10-5-9-22(17-23)36-42(26,38)39/h2-5,7-12,15-18,36H,6,13-14H2,1H3,(H2,32,35)(H,33,37). The van der Waals surface area contributed by atoms with Gasteiger partial charge in [-0.2, -0.15) is 0 Å². The highest BCUT2D eigenvalue weighted by molar-refractivity contribution is 7.92. The number of hydrogen-bond donors (Lipinski definition) is 3. The molecule has 5 aromatic rings. The second kappa shape index (κ2) is 11.0. The Labute approximate surface area is 242 Å². The van der Waals surface area contributed by atoms with Gasteiger partial charge in [-0.3, -0.25) is 9.52 Å². The fraction of sp³-hybridized carbons (Fsp3) is 0.129. The number of nitrogens with one attached hydrogen (secondary N) is 2. The van der Waals surface area contributed by atoms with E-state index in [4.69, 9.17) is 15.2 Å². The summed E-state index contributed by atoms with van der Waals surface area (Å²) in [6.07, 6.45) is 2.04. The van der Waals surface area contributed by atoms with Gasteiger partial charge < -0.3 is 20.5 Å². The minimum atomic E-state index is -4.11. The number of amides is 1. The molecule has 42 heavy (non-hydrogen) atoms. The van der Waals surface area contributed by atoms with Crippen LogP contribution in [0.5, 0.6) is 11.6 Å². The van der Waals surface area contributed by atoms with Crippen LogP contribution in [-0.2, 0) is 10.0 Å². The normalized spacial score (nSPS) is 14.6. The number of methoxy groups -OCH3 is 1. The number of nitrogens with two attached hydrogens (primary N) is 1. The van der Waals surface area contributed by atoms with Gasteiger partial charge >= 0.3 is 0 Å². The van der Waals surface area contributed by atoms with Gasteiger partial charge in [-0.05, 0) is 47.9 Å². The zero-order chi connectivity index (χ0) is 29.3. The highest BCUT2D eigenvalue weighted by atomic mass is 32.2. The molecule has 6 bridgehead atoms. The highest BCUT2D eigenvalue weighted by Crippen LogP contribution is 2.37. The average Bonchev–Trinajstić information content (AvgIpc) is 2.99. The van der Waals surface area contributed by atoms with Gasteiger partial charge in [0.05, 0.1) is 30.5 Å². The zero-order valence-electron chi connectivity index (χ0n) is 22.6. The number of nitrogen functional groups attached to an aromatic ring is 1. The monoisotopic (exact) mass is 581 g/mol. The summed E-state index contributed by atoms with van der Waals surface area (Å²) in [5.41, 5.74) is 10.0. The van der Waals surface area contributed by atoms with Crippen molar-refractivity contribution in [2.75, 3.05) is 30.7 Å². The van der Waals surface area contributed by atoms with Crippen LogP contribution in [0.4, 0.5) is 11.5 Å². The number of anilines is 2. The molecule has 3 heterocycles. The van der Waals surface area contributed by atoms with Crippen molar-refractivity contribution in [3.63, 3.8) is 0 Å². The van der Waals surface area contributed by atoms with E-state index in [9.17, 15) is 13.2 Å². The summed E-state index contributed by atoms with van der Waals surface area (Å²) < 4.78 is 40.8. The Hall–Kier alpha value is -5.16. The Kier molecular flexibility index (Phi) is 7.09. The molecule has 6 rings (SSSR count). The number of aromatic nitrogens is 2. The van der Waals surface area contributed by atoms with Gasteiger partial charge in [0, 0.05) is 35.3 Å². The van der Waals surface area contributed by atoms with E-state index in [2.05, 4.69) is 20.0 Å². The second-order valence-corrected chi connectivity index (χ2v) is 11.3. The Morgan fingerprint density at radius 1 is 0.929 bits per heavy atom. The molecule has 0 unspecified atom stereocenters. The zero-order valence-corrected chi connectivity index (χ0v) is 23.4. The first kappa shape index (κ1) is 27.0.